The molecule has 2 N–H and O–H groups in total. The lowest BCUT2D eigenvalue weighted by Crippen LogP contribution is -2.12. The van der Waals surface area contributed by atoms with Crippen LogP contribution in [-0.4, -0.2) is 76.7 Å². The van der Waals surface area contributed by atoms with E-state index in [2.05, 4.69) is 4.57 Å². The summed E-state index contributed by atoms with van der Waals surface area (Å²) in [5, 5.41) is 0. The number of nitrogens with two attached hydrogens (primary N) is 1. The second kappa shape index (κ2) is 18.0. The van der Waals surface area contributed by atoms with E-state index in [4.69, 9.17) is 39.1 Å². The number of hydrogen-bond acceptors (Lipinski definition) is 9. The fourth-order valence-corrected chi connectivity index (χ4v) is 5.66. The standard InChI is InChI=1S/C40H45N3O7/c1-45-33-10-5-8-30(22-33)38-39(31-9-6-11-34(23-31)46-2)43(40(42-38)32-24-35(47-3)26-36(25-32)48-4)27-28-13-15-29(16-14-28)37(44)12-7-18-49-20-21-50-19-17-41/h5-6,8-11,13-16,22-26H,7,12,17-21,27,41H2,1-4H3. The van der Waals surface area contributed by atoms with Crippen molar-refractivity contribution in [1.29, 1.82) is 0 Å². The molecule has 4 aromatic carbocycles. The molecule has 0 spiro atoms. The highest BCUT2D eigenvalue weighted by Gasteiger charge is 2.23. The van der Waals surface area contributed by atoms with Crippen molar-refractivity contribution >= 4 is 5.78 Å². The van der Waals surface area contributed by atoms with Gasteiger partial charge in [0.1, 0.15) is 28.8 Å². The molecule has 0 aliphatic carbocycles. The minimum absolute atomic E-state index is 0.0729. The summed E-state index contributed by atoms with van der Waals surface area (Å²) in [5.41, 5.74) is 11.4. The maximum atomic E-state index is 13.0. The Morgan fingerprint density at radius 3 is 1.86 bits per heavy atom. The molecule has 0 aliphatic heterocycles. The normalized spacial score (nSPS) is 11.0. The molecule has 1 heterocycles. The van der Waals surface area contributed by atoms with Gasteiger partial charge >= 0.3 is 0 Å². The fraction of sp³-hybridized carbons (Fsp3) is 0.300. The summed E-state index contributed by atoms with van der Waals surface area (Å²) in [7, 11) is 6.56. The van der Waals surface area contributed by atoms with Crippen LogP contribution in [0.3, 0.4) is 0 Å². The Morgan fingerprint density at radius 2 is 1.24 bits per heavy atom. The Labute approximate surface area is 293 Å². The van der Waals surface area contributed by atoms with Crippen LogP contribution in [0.5, 0.6) is 23.0 Å². The first kappa shape index (κ1) is 36.1. The maximum absolute atomic E-state index is 13.0. The molecule has 1 aromatic heterocycles. The summed E-state index contributed by atoms with van der Waals surface area (Å²) in [6.45, 7) is 2.95. The van der Waals surface area contributed by atoms with Crippen molar-refractivity contribution in [1.82, 2.24) is 9.55 Å². The highest BCUT2D eigenvalue weighted by atomic mass is 16.5. The monoisotopic (exact) mass is 679 g/mol. The fourth-order valence-electron chi connectivity index (χ4n) is 5.66. The second-order valence-corrected chi connectivity index (χ2v) is 11.5. The molecule has 5 aromatic rings. The molecule has 0 fully saturated rings. The van der Waals surface area contributed by atoms with E-state index in [0.717, 1.165) is 45.1 Å². The SMILES string of the molecule is COc1cccc(-c2nc(-c3cc(OC)cc(OC)c3)n(Cc3ccc(C(=O)CCCOCCOCCN)cc3)c2-c2cccc(OC)c2)c1. The smallest absolute Gasteiger partial charge is 0.162 e. The highest BCUT2D eigenvalue weighted by Crippen LogP contribution is 2.40. The van der Waals surface area contributed by atoms with E-state index in [-0.39, 0.29) is 5.78 Å². The first-order valence-electron chi connectivity index (χ1n) is 16.6. The molecule has 10 nitrogen and oxygen atoms in total. The topological polar surface area (TPSA) is 116 Å². The van der Waals surface area contributed by atoms with Gasteiger partial charge in [0.15, 0.2) is 5.78 Å². The zero-order valence-electron chi connectivity index (χ0n) is 29.1. The maximum Gasteiger partial charge on any atom is 0.162 e. The minimum atomic E-state index is 0.0729. The number of carbonyl (C=O) groups is 1. The Hall–Kier alpha value is -5.16. The Kier molecular flexibility index (Phi) is 13.0. The molecule has 50 heavy (non-hydrogen) atoms. The summed E-state index contributed by atoms with van der Waals surface area (Å²) in [4.78, 5) is 18.3. The average molecular weight is 680 g/mol. The van der Waals surface area contributed by atoms with Crippen molar-refractivity contribution in [2.75, 3.05) is 61.4 Å². The van der Waals surface area contributed by atoms with E-state index in [0.29, 0.717) is 75.2 Å². The van der Waals surface area contributed by atoms with Crippen molar-refractivity contribution in [3.05, 3.63) is 102 Å². The van der Waals surface area contributed by atoms with Crippen LogP contribution in [0.1, 0.15) is 28.8 Å². The number of ketones is 1. The lowest BCUT2D eigenvalue weighted by Gasteiger charge is -2.16. The van der Waals surface area contributed by atoms with Crippen molar-refractivity contribution in [3.8, 4) is 56.9 Å². The molecule has 0 aliphatic rings. The third kappa shape index (κ3) is 9.09. The Bertz CT molecular complexity index is 1830. The van der Waals surface area contributed by atoms with Crippen LogP contribution in [0.15, 0.2) is 91.0 Å². The van der Waals surface area contributed by atoms with Gasteiger partial charge in [-0.15, -0.1) is 0 Å². The van der Waals surface area contributed by atoms with E-state index in [1.54, 1.807) is 28.4 Å². The molecule has 0 saturated heterocycles. The van der Waals surface area contributed by atoms with E-state index >= 15 is 0 Å². The molecule has 0 radical (unpaired) electrons. The van der Waals surface area contributed by atoms with Gasteiger partial charge in [-0.25, -0.2) is 4.98 Å². The van der Waals surface area contributed by atoms with Crippen LogP contribution in [0.2, 0.25) is 0 Å². The van der Waals surface area contributed by atoms with Crippen LogP contribution in [0.25, 0.3) is 33.9 Å². The Balaban J connectivity index is 1.52. The molecule has 0 bridgehead atoms. The number of ether oxygens (including phenoxy) is 6. The number of methoxy groups -OCH3 is 4. The van der Waals surface area contributed by atoms with Crippen molar-refractivity contribution < 1.29 is 33.2 Å². The van der Waals surface area contributed by atoms with E-state index < -0.39 is 0 Å². The van der Waals surface area contributed by atoms with Gasteiger partial charge in [0.05, 0.1) is 59.6 Å². The van der Waals surface area contributed by atoms with Gasteiger partial charge < -0.3 is 38.7 Å². The summed E-state index contributed by atoms with van der Waals surface area (Å²) in [6.07, 6.45) is 1.03. The van der Waals surface area contributed by atoms with Gasteiger partial charge in [-0.05, 0) is 48.4 Å². The number of rotatable bonds is 19. The molecule has 5 rings (SSSR count). The molecule has 10 heteroatoms. The van der Waals surface area contributed by atoms with Crippen molar-refractivity contribution in [2.24, 2.45) is 5.73 Å². The van der Waals surface area contributed by atoms with Gasteiger partial charge in [-0.1, -0.05) is 48.5 Å². The number of aromatic nitrogens is 2. The zero-order valence-corrected chi connectivity index (χ0v) is 29.1. The third-order valence-electron chi connectivity index (χ3n) is 8.21. The average Bonchev–Trinajstić information content (AvgIpc) is 3.54. The highest BCUT2D eigenvalue weighted by molar-refractivity contribution is 5.96. The molecule has 0 atom stereocenters. The van der Waals surface area contributed by atoms with Gasteiger partial charge in [-0.3, -0.25) is 4.79 Å². The lowest BCUT2D eigenvalue weighted by molar-refractivity contribution is 0.0489. The predicted molar refractivity (Wildman–Crippen MR) is 195 cm³/mol. The number of nitrogens with zero attached hydrogens (tertiary/aromatic N) is 2. The number of hydrogen-bond donors (Lipinski definition) is 1. The molecular formula is C40H45N3O7. The van der Waals surface area contributed by atoms with Crippen LogP contribution in [0, 0.1) is 0 Å². The van der Waals surface area contributed by atoms with E-state index in [9.17, 15) is 4.79 Å². The van der Waals surface area contributed by atoms with Crippen LogP contribution in [-0.2, 0) is 16.0 Å². The summed E-state index contributed by atoms with van der Waals surface area (Å²) >= 11 is 0. The molecule has 0 amide bonds. The minimum Gasteiger partial charge on any atom is -0.497 e. The number of imidazole rings is 1. The quantitative estimate of drug-likeness (QED) is 0.0733. The lowest BCUT2D eigenvalue weighted by atomic mass is 10.0. The number of Topliss-reactive ketones (excluding diaryl/α,β-unsaturated/α-hetero) is 1. The summed E-state index contributed by atoms with van der Waals surface area (Å²) in [5.74, 6) is 3.53. The molecule has 0 unspecified atom stereocenters. The van der Waals surface area contributed by atoms with Crippen molar-refractivity contribution in [2.45, 2.75) is 19.4 Å². The Morgan fingerprint density at radius 1 is 0.660 bits per heavy atom. The van der Waals surface area contributed by atoms with Gasteiger partial charge in [0.2, 0.25) is 0 Å². The third-order valence-corrected chi connectivity index (χ3v) is 8.21. The second-order valence-electron chi connectivity index (χ2n) is 11.5. The largest absolute Gasteiger partial charge is 0.497 e. The zero-order chi connectivity index (χ0) is 35.3. The van der Waals surface area contributed by atoms with Crippen LogP contribution < -0.4 is 24.7 Å². The van der Waals surface area contributed by atoms with Crippen molar-refractivity contribution in [3.63, 3.8) is 0 Å². The number of carbonyl (C=O) groups excluding carboxylic acids is 1. The predicted octanol–water partition coefficient (Wildman–Crippen LogP) is 6.92. The van der Waals surface area contributed by atoms with Crippen LogP contribution in [0.4, 0.5) is 0 Å². The summed E-state index contributed by atoms with van der Waals surface area (Å²) in [6, 6.07) is 29.3. The molecule has 262 valence electrons. The van der Waals surface area contributed by atoms with Gasteiger partial charge in [0, 0.05) is 54.4 Å². The molecule has 0 saturated carbocycles. The van der Waals surface area contributed by atoms with Gasteiger partial charge in [-0.2, -0.15) is 0 Å². The summed E-state index contributed by atoms with van der Waals surface area (Å²) < 4.78 is 35.6. The van der Waals surface area contributed by atoms with Crippen LogP contribution >= 0.6 is 0 Å². The first-order chi connectivity index (χ1) is 24.5. The van der Waals surface area contributed by atoms with E-state index in [1.807, 2.05) is 91.0 Å². The van der Waals surface area contributed by atoms with E-state index in [1.165, 1.54) is 0 Å². The first-order valence-corrected chi connectivity index (χ1v) is 16.6. The molecular weight excluding hydrogens is 634 g/mol. The number of benzene rings is 4. The van der Waals surface area contributed by atoms with Gasteiger partial charge in [0.25, 0.3) is 0 Å².